The van der Waals surface area contributed by atoms with Gasteiger partial charge in [0.15, 0.2) is 6.29 Å². The first-order valence-electron chi connectivity index (χ1n) is 11.1. The van der Waals surface area contributed by atoms with Crippen LogP contribution in [0.1, 0.15) is 91.9 Å². The van der Waals surface area contributed by atoms with Crippen molar-refractivity contribution in [1.29, 1.82) is 0 Å². The lowest BCUT2D eigenvalue weighted by Gasteiger charge is -2.40. The molecular formula is C25H42O2. The van der Waals surface area contributed by atoms with Crippen molar-refractivity contribution in [3.63, 3.8) is 0 Å². The van der Waals surface area contributed by atoms with Crippen molar-refractivity contribution in [2.75, 3.05) is 13.2 Å². The smallest absolute Gasteiger partial charge is 0.157 e. The van der Waals surface area contributed by atoms with Crippen LogP contribution in [0.5, 0.6) is 0 Å². The van der Waals surface area contributed by atoms with Crippen molar-refractivity contribution >= 4 is 0 Å². The molecule has 2 atom stereocenters. The second-order valence-corrected chi connectivity index (χ2v) is 9.36. The van der Waals surface area contributed by atoms with Gasteiger partial charge >= 0.3 is 0 Å². The van der Waals surface area contributed by atoms with E-state index in [2.05, 4.69) is 46.4 Å². The number of ether oxygens (including phenoxy) is 2. The summed E-state index contributed by atoms with van der Waals surface area (Å²) < 4.78 is 11.4. The van der Waals surface area contributed by atoms with E-state index in [0.717, 1.165) is 25.9 Å². The van der Waals surface area contributed by atoms with Gasteiger partial charge < -0.3 is 9.47 Å². The van der Waals surface area contributed by atoms with Crippen LogP contribution in [0, 0.1) is 11.3 Å². The Balaban J connectivity index is 1.65. The molecule has 0 amide bonds. The number of allylic oxidation sites excluding steroid dienone is 4. The molecule has 2 fully saturated rings. The Morgan fingerprint density at radius 1 is 1.15 bits per heavy atom. The highest BCUT2D eigenvalue weighted by Gasteiger charge is 2.33. The molecule has 1 aliphatic heterocycles. The SMILES string of the molecule is C=C1CCCC(C)(C)[C@H]1CC/C(C)=C/CC/C(C)=C/COC1CCCCO1. The Morgan fingerprint density at radius 2 is 1.93 bits per heavy atom. The predicted octanol–water partition coefficient (Wildman–Crippen LogP) is 7.37. The molecule has 1 saturated carbocycles. The normalized spacial score (nSPS) is 27.0. The lowest BCUT2D eigenvalue weighted by atomic mass is 9.65. The summed E-state index contributed by atoms with van der Waals surface area (Å²) in [6.07, 6.45) is 16.7. The Labute approximate surface area is 168 Å². The first-order chi connectivity index (χ1) is 12.9. The van der Waals surface area contributed by atoms with Crippen LogP contribution in [-0.4, -0.2) is 19.5 Å². The maximum Gasteiger partial charge on any atom is 0.157 e. The molecule has 0 spiro atoms. The van der Waals surface area contributed by atoms with Crippen molar-refractivity contribution in [3.8, 4) is 0 Å². The first kappa shape index (κ1) is 22.4. The summed E-state index contributed by atoms with van der Waals surface area (Å²) in [5.74, 6) is 0.690. The predicted molar refractivity (Wildman–Crippen MR) is 116 cm³/mol. The lowest BCUT2D eigenvalue weighted by Crippen LogP contribution is -2.29. The van der Waals surface area contributed by atoms with Gasteiger partial charge in [-0.25, -0.2) is 0 Å². The van der Waals surface area contributed by atoms with Crippen molar-refractivity contribution in [1.82, 2.24) is 0 Å². The summed E-state index contributed by atoms with van der Waals surface area (Å²) in [5.41, 5.74) is 4.86. The van der Waals surface area contributed by atoms with Crippen molar-refractivity contribution in [3.05, 3.63) is 35.5 Å². The van der Waals surface area contributed by atoms with Gasteiger partial charge in [0.25, 0.3) is 0 Å². The minimum Gasteiger partial charge on any atom is -0.353 e. The lowest BCUT2D eigenvalue weighted by molar-refractivity contribution is -0.155. The summed E-state index contributed by atoms with van der Waals surface area (Å²) in [4.78, 5) is 0. The molecule has 0 aromatic rings. The molecule has 0 N–H and O–H groups in total. The van der Waals surface area contributed by atoms with Crippen LogP contribution in [0.2, 0.25) is 0 Å². The molecule has 2 nitrogen and oxygen atoms in total. The summed E-state index contributed by atoms with van der Waals surface area (Å²) in [5, 5.41) is 0. The molecule has 2 heteroatoms. The quantitative estimate of drug-likeness (QED) is 0.392. The fourth-order valence-electron chi connectivity index (χ4n) is 4.53. The van der Waals surface area contributed by atoms with Crippen molar-refractivity contribution in [2.45, 2.75) is 98.2 Å². The van der Waals surface area contributed by atoms with Crippen molar-refractivity contribution < 1.29 is 9.47 Å². The molecule has 0 radical (unpaired) electrons. The van der Waals surface area contributed by atoms with Crippen LogP contribution >= 0.6 is 0 Å². The van der Waals surface area contributed by atoms with Gasteiger partial charge in [-0.2, -0.15) is 0 Å². The highest BCUT2D eigenvalue weighted by atomic mass is 16.7. The minimum atomic E-state index is 0.0173. The fourth-order valence-corrected chi connectivity index (χ4v) is 4.53. The molecule has 0 bridgehead atoms. The molecule has 2 rings (SSSR count). The molecule has 0 aromatic carbocycles. The highest BCUT2D eigenvalue weighted by Crippen LogP contribution is 2.45. The van der Waals surface area contributed by atoms with E-state index in [0.29, 0.717) is 17.9 Å². The number of rotatable bonds is 9. The van der Waals surface area contributed by atoms with Crippen LogP contribution in [-0.2, 0) is 9.47 Å². The molecular weight excluding hydrogens is 332 g/mol. The zero-order valence-corrected chi connectivity index (χ0v) is 18.3. The first-order valence-corrected chi connectivity index (χ1v) is 11.1. The molecule has 2 aliphatic rings. The van der Waals surface area contributed by atoms with E-state index in [4.69, 9.17) is 9.47 Å². The largest absolute Gasteiger partial charge is 0.353 e. The van der Waals surface area contributed by atoms with Gasteiger partial charge in [-0.1, -0.05) is 49.3 Å². The topological polar surface area (TPSA) is 18.5 Å². The van der Waals surface area contributed by atoms with Crippen LogP contribution in [0.25, 0.3) is 0 Å². The number of hydrogen-bond acceptors (Lipinski definition) is 2. The highest BCUT2D eigenvalue weighted by molar-refractivity contribution is 5.11. The molecule has 1 heterocycles. The summed E-state index contributed by atoms with van der Waals surface area (Å²) in [6.45, 7) is 15.3. The van der Waals surface area contributed by atoms with Gasteiger partial charge in [-0.3, -0.25) is 0 Å². The Bertz CT molecular complexity index is 520. The number of hydrogen-bond donors (Lipinski definition) is 0. The van der Waals surface area contributed by atoms with Crippen LogP contribution in [0.15, 0.2) is 35.5 Å². The van der Waals surface area contributed by atoms with Gasteiger partial charge in [0, 0.05) is 6.61 Å². The molecule has 1 unspecified atom stereocenters. The van der Waals surface area contributed by atoms with E-state index < -0.39 is 0 Å². The zero-order chi connectivity index (χ0) is 19.7. The van der Waals surface area contributed by atoms with E-state index >= 15 is 0 Å². The van der Waals surface area contributed by atoms with Crippen molar-refractivity contribution in [2.24, 2.45) is 11.3 Å². The third kappa shape index (κ3) is 7.95. The van der Waals surface area contributed by atoms with Gasteiger partial charge in [-0.05, 0) is 89.4 Å². The second-order valence-electron chi connectivity index (χ2n) is 9.36. The van der Waals surface area contributed by atoms with Gasteiger partial charge in [0.05, 0.1) is 6.61 Å². The Kier molecular flexibility index (Phi) is 9.32. The van der Waals surface area contributed by atoms with Gasteiger partial charge in [0.2, 0.25) is 0 Å². The summed E-state index contributed by atoms with van der Waals surface area (Å²) in [6, 6.07) is 0. The maximum absolute atomic E-state index is 5.79. The minimum absolute atomic E-state index is 0.0173. The molecule has 1 saturated heterocycles. The van der Waals surface area contributed by atoms with Gasteiger partial charge in [0.1, 0.15) is 0 Å². The Morgan fingerprint density at radius 3 is 2.63 bits per heavy atom. The second kappa shape index (κ2) is 11.2. The maximum atomic E-state index is 5.79. The average Bonchev–Trinajstić information content (AvgIpc) is 2.61. The Hall–Kier alpha value is -0.860. The summed E-state index contributed by atoms with van der Waals surface area (Å²) in [7, 11) is 0. The van der Waals surface area contributed by atoms with E-state index in [1.165, 1.54) is 61.7 Å². The van der Waals surface area contributed by atoms with Crippen LogP contribution in [0.4, 0.5) is 0 Å². The zero-order valence-electron chi connectivity index (χ0n) is 18.3. The standard InChI is InChI=1S/C25H42O2/c1-20(14-15-23-22(3)12-9-17-25(23,4)5)10-8-11-21(2)16-19-27-24-13-6-7-18-26-24/h10,16,23-24H,3,6-9,11-15,17-19H2,1-2,4-5H3/b20-10+,21-16+/t23-,24?/m0/s1. The third-order valence-corrected chi connectivity index (χ3v) is 6.47. The molecule has 154 valence electrons. The van der Waals surface area contributed by atoms with E-state index in [-0.39, 0.29) is 6.29 Å². The van der Waals surface area contributed by atoms with E-state index in [1.807, 2.05) is 0 Å². The average molecular weight is 375 g/mol. The molecule has 0 aromatic heterocycles. The molecule has 27 heavy (non-hydrogen) atoms. The fraction of sp³-hybridized carbons (Fsp3) is 0.760. The van der Waals surface area contributed by atoms with E-state index in [1.54, 1.807) is 0 Å². The monoisotopic (exact) mass is 374 g/mol. The molecule has 1 aliphatic carbocycles. The van der Waals surface area contributed by atoms with E-state index in [9.17, 15) is 0 Å². The van der Waals surface area contributed by atoms with Gasteiger partial charge in [-0.15, -0.1) is 0 Å². The van der Waals surface area contributed by atoms with Crippen LogP contribution < -0.4 is 0 Å². The summed E-state index contributed by atoms with van der Waals surface area (Å²) >= 11 is 0. The van der Waals surface area contributed by atoms with Crippen LogP contribution in [0.3, 0.4) is 0 Å². The third-order valence-electron chi connectivity index (χ3n) is 6.47.